The van der Waals surface area contributed by atoms with Gasteiger partial charge in [0.1, 0.15) is 12.4 Å². The highest BCUT2D eigenvalue weighted by Crippen LogP contribution is 2.14. The molecule has 0 bridgehead atoms. The molecule has 0 saturated carbocycles. The second-order valence-electron chi connectivity index (χ2n) is 4.76. The van der Waals surface area contributed by atoms with Crippen LogP contribution < -0.4 is 10.1 Å². The van der Waals surface area contributed by atoms with E-state index in [2.05, 4.69) is 5.32 Å². The van der Waals surface area contributed by atoms with Gasteiger partial charge in [0.15, 0.2) is 0 Å². The quantitative estimate of drug-likeness (QED) is 0.638. The van der Waals surface area contributed by atoms with Gasteiger partial charge in [-0.25, -0.2) is 0 Å². The van der Waals surface area contributed by atoms with E-state index in [1.807, 2.05) is 6.92 Å². The van der Waals surface area contributed by atoms with Gasteiger partial charge in [-0.2, -0.15) is 0 Å². The fourth-order valence-electron chi connectivity index (χ4n) is 1.87. The molecule has 0 spiro atoms. The summed E-state index contributed by atoms with van der Waals surface area (Å²) in [5.41, 5.74) is 0. The Bertz CT molecular complexity index is 479. The first-order chi connectivity index (χ1) is 10.5. The molecule has 0 heterocycles. The van der Waals surface area contributed by atoms with Crippen molar-refractivity contribution in [3.8, 4) is 5.75 Å². The molecule has 22 heavy (non-hydrogen) atoms. The van der Waals surface area contributed by atoms with Crippen molar-refractivity contribution in [1.29, 1.82) is 0 Å². The Morgan fingerprint density at radius 2 is 1.95 bits per heavy atom. The fraction of sp³-hybridized carbons (Fsp3) is 0.467. The zero-order valence-electron chi connectivity index (χ0n) is 12.5. The number of aliphatic carboxylic acids is 1. The third kappa shape index (κ3) is 7.85. The number of hydrogen-bond donors (Lipinski definition) is 2. The van der Waals surface area contributed by atoms with Gasteiger partial charge in [0, 0.05) is 5.02 Å². The van der Waals surface area contributed by atoms with Crippen LogP contribution in [-0.4, -0.2) is 54.7 Å². The largest absolute Gasteiger partial charge is 0.492 e. The lowest BCUT2D eigenvalue weighted by Crippen LogP contribution is -2.41. The Balaban J connectivity index is 2.24. The molecule has 1 rings (SSSR count). The number of amides is 1. The maximum atomic E-state index is 11.7. The summed E-state index contributed by atoms with van der Waals surface area (Å²) < 4.78 is 5.45. The first-order valence-corrected chi connectivity index (χ1v) is 7.48. The van der Waals surface area contributed by atoms with Crippen LogP contribution in [0.2, 0.25) is 5.02 Å². The van der Waals surface area contributed by atoms with Crippen molar-refractivity contribution < 1.29 is 19.4 Å². The number of ether oxygens (including phenoxy) is 1. The van der Waals surface area contributed by atoms with Gasteiger partial charge in [0.25, 0.3) is 0 Å². The van der Waals surface area contributed by atoms with Gasteiger partial charge < -0.3 is 15.2 Å². The Labute approximate surface area is 135 Å². The summed E-state index contributed by atoms with van der Waals surface area (Å²) in [5.74, 6) is -0.473. The van der Waals surface area contributed by atoms with Crippen molar-refractivity contribution in [3.05, 3.63) is 29.3 Å². The number of nitrogens with one attached hydrogen (secondary N) is 1. The number of carboxylic acid groups (broad SMARTS) is 1. The van der Waals surface area contributed by atoms with Crippen LogP contribution in [-0.2, 0) is 9.59 Å². The van der Waals surface area contributed by atoms with Crippen molar-refractivity contribution >= 4 is 23.5 Å². The minimum atomic E-state index is -0.938. The predicted molar refractivity (Wildman–Crippen MR) is 84.3 cm³/mol. The van der Waals surface area contributed by atoms with Gasteiger partial charge in [0.05, 0.1) is 19.6 Å². The molecule has 0 radical (unpaired) electrons. The maximum Gasteiger partial charge on any atom is 0.317 e. The maximum absolute atomic E-state index is 11.7. The SMILES string of the molecule is CCCN(CC(=O)O)CC(=O)NCCOc1ccc(Cl)cc1. The molecule has 2 N–H and O–H groups in total. The van der Waals surface area contributed by atoms with E-state index in [0.29, 0.717) is 30.5 Å². The van der Waals surface area contributed by atoms with E-state index in [1.54, 1.807) is 29.2 Å². The van der Waals surface area contributed by atoms with Crippen molar-refractivity contribution in [2.24, 2.45) is 0 Å². The van der Waals surface area contributed by atoms with Gasteiger partial charge in [-0.3, -0.25) is 14.5 Å². The van der Waals surface area contributed by atoms with Crippen LogP contribution in [0.4, 0.5) is 0 Å². The second-order valence-corrected chi connectivity index (χ2v) is 5.19. The lowest BCUT2D eigenvalue weighted by Gasteiger charge is -2.18. The summed E-state index contributed by atoms with van der Waals surface area (Å²) in [4.78, 5) is 24.0. The highest BCUT2D eigenvalue weighted by molar-refractivity contribution is 6.30. The van der Waals surface area contributed by atoms with Crippen LogP contribution in [0, 0.1) is 0 Å². The predicted octanol–water partition coefficient (Wildman–Crippen LogP) is 1.63. The Kier molecular flexibility index (Phi) is 8.32. The second kappa shape index (κ2) is 10.0. The van der Waals surface area contributed by atoms with E-state index in [0.717, 1.165) is 6.42 Å². The van der Waals surface area contributed by atoms with E-state index in [4.69, 9.17) is 21.4 Å². The zero-order chi connectivity index (χ0) is 16.4. The summed E-state index contributed by atoms with van der Waals surface area (Å²) in [6.45, 7) is 3.13. The Hall–Kier alpha value is -1.79. The van der Waals surface area contributed by atoms with Crippen molar-refractivity contribution in [2.75, 3.05) is 32.8 Å². The average Bonchev–Trinajstić information content (AvgIpc) is 2.45. The average molecular weight is 329 g/mol. The monoisotopic (exact) mass is 328 g/mol. The minimum absolute atomic E-state index is 0.0705. The molecule has 122 valence electrons. The number of carbonyl (C=O) groups excluding carboxylic acids is 1. The van der Waals surface area contributed by atoms with E-state index >= 15 is 0 Å². The molecule has 1 amide bonds. The number of nitrogens with zero attached hydrogens (tertiary/aromatic N) is 1. The Morgan fingerprint density at radius 3 is 2.55 bits per heavy atom. The molecule has 0 fully saturated rings. The summed E-state index contributed by atoms with van der Waals surface area (Å²) in [6, 6.07) is 6.95. The number of carboxylic acids is 1. The van der Waals surface area contributed by atoms with E-state index in [1.165, 1.54) is 0 Å². The van der Waals surface area contributed by atoms with Gasteiger partial charge in [-0.05, 0) is 37.2 Å². The van der Waals surface area contributed by atoms with Crippen LogP contribution in [0.1, 0.15) is 13.3 Å². The molecule has 0 unspecified atom stereocenters. The molecule has 0 aromatic heterocycles. The molecule has 7 heteroatoms. The van der Waals surface area contributed by atoms with Crippen LogP contribution >= 0.6 is 11.6 Å². The number of hydrogen-bond acceptors (Lipinski definition) is 4. The summed E-state index contributed by atoms with van der Waals surface area (Å²) in [6.07, 6.45) is 0.792. The lowest BCUT2D eigenvalue weighted by molar-refractivity contribution is -0.138. The topological polar surface area (TPSA) is 78.9 Å². The molecular weight excluding hydrogens is 308 g/mol. The standard InChI is InChI=1S/C15H21ClN2O4/c1-2-8-18(11-15(20)21)10-14(19)17-7-9-22-13-5-3-12(16)4-6-13/h3-6H,2,7-11H2,1H3,(H,17,19)(H,20,21). The first kappa shape index (κ1) is 18.3. The van der Waals surface area contributed by atoms with Gasteiger partial charge in [-0.1, -0.05) is 18.5 Å². The number of benzene rings is 1. The van der Waals surface area contributed by atoms with Crippen molar-refractivity contribution in [1.82, 2.24) is 10.2 Å². The summed E-state index contributed by atoms with van der Waals surface area (Å²) in [5, 5.41) is 12.1. The van der Waals surface area contributed by atoms with Crippen LogP contribution in [0.25, 0.3) is 0 Å². The first-order valence-electron chi connectivity index (χ1n) is 7.10. The zero-order valence-corrected chi connectivity index (χ0v) is 13.3. The highest BCUT2D eigenvalue weighted by atomic mass is 35.5. The van der Waals surface area contributed by atoms with E-state index < -0.39 is 5.97 Å². The van der Waals surface area contributed by atoms with Gasteiger partial charge >= 0.3 is 5.97 Å². The van der Waals surface area contributed by atoms with Crippen molar-refractivity contribution in [2.45, 2.75) is 13.3 Å². The molecule has 0 aliphatic rings. The summed E-state index contributed by atoms with van der Waals surface area (Å²) >= 11 is 5.77. The van der Waals surface area contributed by atoms with E-state index in [9.17, 15) is 9.59 Å². The minimum Gasteiger partial charge on any atom is -0.492 e. The number of carbonyl (C=O) groups is 2. The highest BCUT2D eigenvalue weighted by Gasteiger charge is 2.12. The molecular formula is C15H21ClN2O4. The van der Waals surface area contributed by atoms with Gasteiger partial charge in [-0.15, -0.1) is 0 Å². The molecule has 0 aliphatic heterocycles. The lowest BCUT2D eigenvalue weighted by atomic mass is 10.3. The molecule has 6 nitrogen and oxygen atoms in total. The van der Waals surface area contributed by atoms with Crippen molar-refractivity contribution in [3.63, 3.8) is 0 Å². The fourth-order valence-corrected chi connectivity index (χ4v) is 2.00. The number of rotatable bonds is 10. The molecule has 0 saturated heterocycles. The molecule has 0 atom stereocenters. The smallest absolute Gasteiger partial charge is 0.317 e. The Morgan fingerprint density at radius 1 is 1.27 bits per heavy atom. The van der Waals surface area contributed by atoms with Crippen LogP contribution in [0.3, 0.4) is 0 Å². The third-order valence-electron chi connectivity index (χ3n) is 2.77. The van der Waals surface area contributed by atoms with Crippen LogP contribution in [0.15, 0.2) is 24.3 Å². The van der Waals surface area contributed by atoms with E-state index in [-0.39, 0.29) is 19.0 Å². The molecule has 0 aliphatic carbocycles. The molecule has 1 aromatic carbocycles. The third-order valence-corrected chi connectivity index (χ3v) is 3.02. The molecule has 1 aromatic rings. The van der Waals surface area contributed by atoms with Gasteiger partial charge in [0.2, 0.25) is 5.91 Å². The number of halogens is 1. The van der Waals surface area contributed by atoms with Crippen LogP contribution in [0.5, 0.6) is 5.75 Å². The normalized spacial score (nSPS) is 10.5. The summed E-state index contributed by atoms with van der Waals surface area (Å²) in [7, 11) is 0.